The van der Waals surface area contributed by atoms with E-state index in [-0.39, 0.29) is 5.92 Å². The van der Waals surface area contributed by atoms with Crippen LogP contribution in [-0.2, 0) is 6.54 Å². The van der Waals surface area contributed by atoms with E-state index in [1.807, 2.05) is 20.8 Å². The smallest absolute Gasteiger partial charge is 0.339 e. The zero-order valence-corrected chi connectivity index (χ0v) is 12.2. The second-order valence-corrected chi connectivity index (χ2v) is 5.76. The Morgan fingerprint density at radius 2 is 2.00 bits per heavy atom. The summed E-state index contributed by atoms with van der Waals surface area (Å²) in [6, 6.07) is 0. The van der Waals surface area contributed by atoms with Crippen LogP contribution in [0.15, 0.2) is 0 Å². The van der Waals surface area contributed by atoms with Gasteiger partial charge in [-0.2, -0.15) is 13.2 Å². The standard InChI is InChI=1S/C12H20F3N3S/c1-4-5-18(7-12(13,14)15)11-17-10(8(2)3)9(6-16)19-11/h8H,4-7,16H2,1-3H3. The van der Waals surface area contributed by atoms with Gasteiger partial charge in [0.1, 0.15) is 6.54 Å². The van der Waals surface area contributed by atoms with Crippen LogP contribution < -0.4 is 10.6 Å². The van der Waals surface area contributed by atoms with Gasteiger partial charge in [-0.3, -0.25) is 0 Å². The molecule has 0 atom stereocenters. The summed E-state index contributed by atoms with van der Waals surface area (Å²) in [5.41, 5.74) is 6.44. The third kappa shape index (κ3) is 4.65. The van der Waals surface area contributed by atoms with E-state index in [2.05, 4.69) is 4.98 Å². The van der Waals surface area contributed by atoms with E-state index in [0.717, 1.165) is 10.6 Å². The van der Waals surface area contributed by atoms with Crippen molar-refractivity contribution in [3.63, 3.8) is 0 Å². The van der Waals surface area contributed by atoms with Gasteiger partial charge in [0.05, 0.1) is 5.69 Å². The number of anilines is 1. The molecule has 0 aliphatic heterocycles. The average molecular weight is 295 g/mol. The van der Waals surface area contributed by atoms with Crippen molar-refractivity contribution in [1.29, 1.82) is 0 Å². The van der Waals surface area contributed by atoms with Crippen LogP contribution in [0.3, 0.4) is 0 Å². The Morgan fingerprint density at radius 3 is 2.37 bits per heavy atom. The molecule has 0 bridgehead atoms. The molecule has 19 heavy (non-hydrogen) atoms. The van der Waals surface area contributed by atoms with Crippen LogP contribution in [0.4, 0.5) is 18.3 Å². The Hall–Kier alpha value is -0.820. The Balaban J connectivity index is 3.02. The molecule has 3 nitrogen and oxygen atoms in total. The van der Waals surface area contributed by atoms with E-state index in [1.54, 1.807) is 0 Å². The zero-order chi connectivity index (χ0) is 14.6. The van der Waals surface area contributed by atoms with Crippen molar-refractivity contribution in [3.8, 4) is 0 Å². The lowest BCUT2D eigenvalue weighted by Crippen LogP contribution is -2.34. The molecule has 0 saturated carbocycles. The molecule has 1 aromatic heterocycles. The Labute approximate surface area is 115 Å². The van der Waals surface area contributed by atoms with E-state index < -0.39 is 12.7 Å². The molecule has 2 N–H and O–H groups in total. The van der Waals surface area contributed by atoms with Crippen LogP contribution in [0, 0.1) is 0 Å². The quantitative estimate of drug-likeness (QED) is 0.873. The van der Waals surface area contributed by atoms with Crippen LogP contribution in [-0.4, -0.2) is 24.2 Å². The average Bonchev–Trinajstić information content (AvgIpc) is 2.70. The molecule has 1 heterocycles. The van der Waals surface area contributed by atoms with Crippen molar-refractivity contribution in [2.24, 2.45) is 5.73 Å². The van der Waals surface area contributed by atoms with Crippen molar-refractivity contribution in [1.82, 2.24) is 4.98 Å². The predicted molar refractivity (Wildman–Crippen MR) is 72.7 cm³/mol. The highest BCUT2D eigenvalue weighted by Crippen LogP contribution is 2.32. The topological polar surface area (TPSA) is 42.2 Å². The Kier molecular flexibility index (Phi) is 5.61. The molecule has 0 fully saturated rings. The Morgan fingerprint density at radius 1 is 1.37 bits per heavy atom. The molecule has 7 heteroatoms. The molecule has 1 aromatic rings. The van der Waals surface area contributed by atoms with Crippen LogP contribution in [0.1, 0.15) is 43.7 Å². The molecule has 0 aromatic carbocycles. The number of nitrogens with zero attached hydrogens (tertiary/aromatic N) is 2. The molecular weight excluding hydrogens is 275 g/mol. The second-order valence-electron chi connectivity index (χ2n) is 4.70. The first-order chi connectivity index (χ1) is 8.78. The Bertz CT molecular complexity index is 401. The van der Waals surface area contributed by atoms with Gasteiger partial charge in [0.15, 0.2) is 5.13 Å². The minimum atomic E-state index is -4.22. The molecule has 110 valence electrons. The second kappa shape index (κ2) is 6.56. The van der Waals surface area contributed by atoms with E-state index >= 15 is 0 Å². The van der Waals surface area contributed by atoms with Crippen molar-refractivity contribution in [2.75, 3.05) is 18.0 Å². The first kappa shape index (κ1) is 16.2. The minimum absolute atomic E-state index is 0.165. The predicted octanol–water partition coefficient (Wildman–Crippen LogP) is 3.50. The van der Waals surface area contributed by atoms with Crippen molar-refractivity contribution in [3.05, 3.63) is 10.6 Å². The maximum atomic E-state index is 12.6. The fourth-order valence-electron chi connectivity index (χ4n) is 1.81. The third-order valence-electron chi connectivity index (χ3n) is 2.58. The van der Waals surface area contributed by atoms with Gasteiger partial charge in [-0.25, -0.2) is 4.98 Å². The van der Waals surface area contributed by atoms with E-state index in [9.17, 15) is 13.2 Å². The van der Waals surface area contributed by atoms with Crippen LogP contribution in [0.2, 0.25) is 0 Å². The molecule has 0 aliphatic carbocycles. The lowest BCUT2D eigenvalue weighted by Gasteiger charge is -2.22. The summed E-state index contributed by atoms with van der Waals surface area (Å²) in [7, 11) is 0. The molecule has 0 unspecified atom stereocenters. The number of hydrogen-bond donors (Lipinski definition) is 1. The lowest BCUT2D eigenvalue weighted by atomic mass is 10.1. The number of alkyl halides is 3. The van der Waals surface area contributed by atoms with Gasteiger partial charge in [0.2, 0.25) is 0 Å². The molecular formula is C12H20F3N3S. The number of halogens is 3. The number of aromatic nitrogens is 1. The maximum absolute atomic E-state index is 12.6. The van der Waals surface area contributed by atoms with Crippen LogP contribution in [0.5, 0.6) is 0 Å². The number of nitrogens with two attached hydrogens (primary N) is 1. The van der Waals surface area contributed by atoms with E-state index in [0.29, 0.717) is 24.6 Å². The SMILES string of the molecule is CCCN(CC(F)(F)F)c1nc(C(C)C)c(CN)s1. The van der Waals surface area contributed by atoms with Gasteiger partial charge in [0, 0.05) is 18.0 Å². The molecule has 0 saturated heterocycles. The molecule has 0 amide bonds. The van der Waals surface area contributed by atoms with Crippen LogP contribution >= 0.6 is 11.3 Å². The van der Waals surface area contributed by atoms with Crippen molar-refractivity contribution < 1.29 is 13.2 Å². The van der Waals surface area contributed by atoms with Gasteiger partial charge in [-0.05, 0) is 12.3 Å². The van der Waals surface area contributed by atoms with Crippen molar-refractivity contribution in [2.45, 2.75) is 45.8 Å². The van der Waals surface area contributed by atoms with Gasteiger partial charge in [0.25, 0.3) is 0 Å². The molecule has 0 aliphatic rings. The molecule has 0 radical (unpaired) electrons. The van der Waals surface area contributed by atoms with E-state index in [1.165, 1.54) is 16.2 Å². The van der Waals surface area contributed by atoms with Crippen molar-refractivity contribution >= 4 is 16.5 Å². The highest BCUT2D eigenvalue weighted by atomic mass is 32.1. The first-order valence-corrected chi connectivity index (χ1v) is 7.11. The summed E-state index contributed by atoms with van der Waals surface area (Å²) < 4.78 is 37.7. The fourth-order valence-corrected chi connectivity index (χ4v) is 2.93. The van der Waals surface area contributed by atoms with Gasteiger partial charge in [-0.15, -0.1) is 11.3 Å². The summed E-state index contributed by atoms with van der Waals surface area (Å²) in [5, 5.41) is 0.420. The largest absolute Gasteiger partial charge is 0.406 e. The highest BCUT2D eigenvalue weighted by Gasteiger charge is 2.32. The first-order valence-electron chi connectivity index (χ1n) is 6.29. The normalized spacial score (nSPS) is 12.2. The highest BCUT2D eigenvalue weighted by molar-refractivity contribution is 7.15. The number of hydrogen-bond acceptors (Lipinski definition) is 4. The van der Waals surface area contributed by atoms with Gasteiger partial charge >= 0.3 is 6.18 Å². The molecule has 0 spiro atoms. The molecule has 1 rings (SSSR count). The van der Waals surface area contributed by atoms with Gasteiger partial charge < -0.3 is 10.6 Å². The third-order valence-corrected chi connectivity index (χ3v) is 3.74. The lowest BCUT2D eigenvalue weighted by molar-refractivity contribution is -0.119. The number of thiazole rings is 1. The summed E-state index contributed by atoms with van der Waals surface area (Å²) in [4.78, 5) is 6.50. The summed E-state index contributed by atoms with van der Waals surface area (Å²) >= 11 is 1.27. The summed E-state index contributed by atoms with van der Waals surface area (Å²) in [6.45, 7) is 5.48. The number of rotatable bonds is 6. The maximum Gasteiger partial charge on any atom is 0.406 e. The van der Waals surface area contributed by atoms with E-state index in [4.69, 9.17) is 5.73 Å². The zero-order valence-electron chi connectivity index (χ0n) is 11.4. The minimum Gasteiger partial charge on any atom is -0.339 e. The summed E-state index contributed by atoms with van der Waals surface area (Å²) in [5.74, 6) is 0.165. The van der Waals surface area contributed by atoms with Crippen LogP contribution in [0.25, 0.3) is 0 Å². The monoisotopic (exact) mass is 295 g/mol. The van der Waals surface area contributed by atoms with Gasteiger partial charge in [-0.1, -0.05) is 20.8 Å². The fraction of sp³-hybridized carbons (Fsp3) is 0.750. The summed E-state index contributed by atoms with van der Waals surface area (Å²) in [6.07, 6.45) is -3.58.